The number of halogens is 3. The number of methoxy groups -OCH3 is 2. The fraction of sp³-hybridized carbons (Fsp3) is 0.321. The second kappa shape index (κ2) is 11.8. The van der Waals surface area contributed by atoms with E-state index in [0.717, 1.165) is 17.7 Å². The molecule has 1 aliphatic heterocycles. The molecule has 1 saturated heterocycles. The predicted molar refractivity (Wildman–Crippen MR) is 140 cm³/mol. The molecule has 12 heteroatoms. The van der Waals surface area contributed by atoms with Gasteiger partial charge in [0, 0.05) is 37.9 Å². The SMILES string of the molecule is COCCn1ccc(C)c(N2C[C@@H](c3ccc(OC)cc3)[C@H](NC(=O)c3ccc(OC(F)(F)F)cc3)C2=O)c1=O. The number of alkyl halides is 3. The first kappa shape index (κ1) is 28.7. The third-order valence-electron chi connectivity index (χ3n) is 6.64. The van der Waals surface area contributed by atoms with E-state index in [0.29, 0.717) is 24.5 Å². The molecule has 2 atom stereocenters. The van der Waals surface area contributed by atoms with Gasteiger partial charge in [-0.3, -0.25) is 14.4 Å². The van der Waals surface area contributed by atoms with Crippen molar-refractivity contribution in [3.8, 4) is 11.5 Å². The van der Waals surface area contributed by atoms with Crippen LogP contribution in [0.15, 0.2) is 65.6 Å². The average Bonchev–Trinajstić information content (AvgIpc) is 3.23. The first-order chi connectivity index (χ1) is 19.0. The predicted octanol–water partition coefficient (Wildman–Crippen LogP) is 3.64. The normalized spacial score (nSPS) is 17.1. The smallest absolute Gasteiger partial charge is 0.497 e. The van der Waals surface area contributed by atoms with E-state index in [1.54, 1.807) is 43.5 Å². The van der Waals surface area contributed by atoms with E-state index in [2.05, 4.69) is 10.1 Å². The van der Waals surface area contributed by atoms with Crippen LogP contribution in [0.2, 0.25) is 0 Å². The van der Waals surface area contributed by atoms with Gasteiger partial charge in [-0.1, -0.05) is 12.1 Å². The van der Waals surface area contributed by atoms with Crippen LogP contribution in [-0.4, -0.2) is 56.2 Å². The van der Waals surface area contributed by atoms with Gasteiger partial charge >= 0.3 is 6.36 Å². The molecular formula is C28H28F3N3O6. The summed E-state index contributed by atoms with van der Waals surface area (Å²) in [7, 11) is 3.05. The largest absolute Gasteiger partial charge is 0.573 e. The topological polar surface area (TPSA) is 99.1 Å². The second-order valence-electron chi connectivity index (χ2n) is 9.19. The highest BCUT2D eigenvalue weighted by molar-refractivity contribution is 6.05. The van der Waals surface area contributed by atoms with Crippen LogP contribution in [0.1, 0.15) is 27.4 Å². The van der Waals surface area contributed by atoms with E-state index in [1.165, 1.54) is 35.8 Å². The van der Waals surface area contributed by atoms with Crippen molar-refractivity contribution in [3.05, 3.63) is 87.8 Å². The number of nitrogens with zero attached hydrogens (tertiary/aromatic N) is 2. The molecular weight excluding hydrogens is 531 g/mol. The summed E-state index contributed by atoms with van der Waals surface area (Å²) < 4.78 is 53.1. The van der Waals surface area contributed by atoms with Crippen LogP contribution < -0.4 is 25.2 Å². The molecule has 1 aliphatic rings. The number of hydrogen-bond donors (Lipinski definition) is 1. The minimum Gasteiger partial charge on any atom is -0.497 e. The number of ether oxygens (including phenoxy) is 3. The van der Waals surface area contributed by atoms with Crippen LogP contribution in [-0.2, 0) is 16.1 Å². The number of amides is 2. The maximum Gasteiger partial charge on any atom is 0.573 e. The number of benzene rings is 2. The molecule has 1 aromatic heterocycles. The lowest BCUT2D eigenvalue weighted by molar-refractivity contribution is -0.274. The van der Waals surface area contributed by atoms with Gasteiger partial charge in [-0.15, -0.1) is 13.2 Å². The third kappa shape index (κ3) is 6.28. The zero-order chi connectivity index (χ0) is 29.0. The van der Waals surface area contributed by atoms with Gasteiger partial charge < -0.3 is 29.0 Å². The Balaban J connectivity index is 1.66. The van der Waals surface area contributed by atoms with E-state index in [4.69, 9.17) is 9.47 Å². The van der Waals surface area contributed by atoms with Crippen LogP contribution in [0.25, 0.3) is 0 Å². The highest BCUT2D eigenvalue weighted by atomic mass is 19.4. The van der Waals surface area contributed by atoms with Crippen LogP contribution in [0.5, 0.6) is 11.5 Å². The van der Waals surface area contributed by atoms with E-state index >= 15 is 0 Å². The lowest BCUT2D eigenvalue weighted by Crippen LogP contribution is -2.44. The number of aromatic nitrogens is 1. The maximum absolute atomic E-state index is 13.8. The summed E-state index contributed by atoms with van der Waals surface area (Å²) >= 11 is 0. The summed E-state index contributed by atoms with van der Waals surface area (Å²) in [6.45, 7) is 2.43. The second-order valence-corrected chi connectivity index (χ2v) is 9.19. The van der Waals surface area contributed by atoms with Gasteiger partial charge in [-0.2, -0.15) is 0 Å². The molecule has 0 unspecified atom stereocenters. The fourth-order valence-electron chi connectivity index (χ4n) is 4.62. The number of hydrogen-bond acceptors (Lipinski definition) is 6. The van der Waals surface area contributed by atoms with Gasteiger partial charge in [-0.05, 0) is 60.5 Å². The molecule has 40 heavy (non-hydrogen) atoms. The van der Waals surface area contributed by atoms with Gasteiger partial charge in [0.15, 0.2) is 0 Å². The summed E-state index contributed by atoms with van der Waals surface area (Å²) in [4.78, 5) is 41.6. The number of anilines is 1. The summed E-state index contributed by atoms with van der Waals surface area (Å²) in [5, 5.41) is 2.72. The van der Waals surface area contributed by atoms with Crippen molar-refractivity contribution < 1.29 is 37.0 Å². The Bertz CT molecular complexity index is 1420. The highest BCUT2D eigenvalue weighted by Crippen LogP contribution is 2.33. The monoisotopic (exact) mass is 559 g/mol. The van der Waals surface area contributed by atoms with Crippen molar-refractivity contribution in [2.24, 2.45) is 0 Å². The molecule has 212 valence electrons. The van der Waals surface area contributed by atoms with Crippen molar-refractivity contribution in [3.63, 3.8) is 0 Å². The maximum atomic E-state index is 13.8. The van der Waals surface area contributed by atoms with E-state index in [1.807, 2.05) is 0 Å². The minimum atomic E-state index is -4.87. The molecule has 1 fully saturated rings. The molecule has 2 aromatic carbocycles. The zero-order valence-electron chi connectivity index (χ0n) is 22.0. The van der Waals surface area contributed by atoms with Gasteiger partial charge in [0.2, 0.25) is 5.91 Å². The number of aryl methyl sites for hydroxylation is 1. The molecule has 0 radical (unpaired) electrons. The Kier molecular flexibility index (Phi) is 8.48. The molecule has 0 spiro atoms. The highest BCUT2D eigenvalue weighted by Gasteiger charge is 2.44. The summed E-state index contributed by atoms with van der Waals surface area (Å²) in [6.07, 6.45) is -3.24. The van der Waals surface area contributed by atoms with Gasteiger partial charge in [0.25, 0.3) is 11.5 Å². The Hall–Kier alpha value is -4.32. The Morgan fingerprint density at radius 1 is 1.00 bits per heavy atom. The van der Waals surface area contributed by atoms with E-state index < -0.39 is 35.9 Å². The van der Waals surface area contributed by atoms with Crippen LogP contribution in [0.4, 0.5) is 18.9 Å². The third-order valence-corrected chi connectivity index (χ3v) is 6.64. The molecule has 2 heterocycles. The van der Waals surface area contributed by atoms with Crippen molar-refractivity contribution in [1.82, 2.24) is 9.88 Å². The summed E-state index contributed by atoms with van der Waals surface area (Å²) in [5.74, 6) is -1.57. The number of rotatable bonds is 9. The summed E-state index contributed by atoms with van der Waals surface area (Å²) in [6, 6.07) is 12.1. The lowest BCUT2D eigenvalue weighted by atomic mass is 9.93. The molecule has 3 aromatic rings. The fourth-order valence-corrected chi connectivity index (χ4v) is 4.62. The van der Waals surface area contributed by atoms with E-state index in [-0.39, 0.29) is 23.4 Å². The van der Waals surface area contributed by atoms with Crippen LogP contribution >= 0.6 is 0 Å². The molecule has 0 bridgehead atoms. The van der Waals surface area contributed by atoms with Crippen molar-refractivity contribution >= 4 is 17.5 Å². The first-order valence-electron chi connectivity index (χ1n) is 12.3. The van der Waals surface area contributed by atoms with Crippen molar-refractivity contribution in [2.75, 3.05) is 32.3 Å². The van der Waals surface area contributed by atoms with Gasteiger partial charge in [0.05, 0.1) is 13.7 Å². The number of carbonyl (C=O) groups is 2. The molecule has 0 aliphatic carbocycles. The number of nitrogens with one attached hydrogen (secondary N) is 1. The molecule has 1 N–H and O–H groups in total. The summed E-state index contributed by atoms with van der Waals surface area (Å²) in [5.41, 5.74) is 1.18. The van der Waals surface area contributed by atoms with Crippen molar-refractivity contribution in [2.45, 2.75) is 31.8 Å². The quantitative estimate of drug-likeness (QED) is 0.430. The minimum absolute atomic E-state index is 0.0343. The Morgan fingerprint density at radius 3 is 2.25 bits per heavy atom. The zero-order valence-corrected chi connectivity index (χ0v) is 22.0. The molecule has 9 nitrogen and oxygen atoms in total. The lowest BCUT2D eigenvalue weighted by Gasteiger charge is -2.20. The standard InChI is InChI=1S/C28H28F3N3O6/c1-17-12-13-33(14-15-38-2)27(37)24(17)34-16-22(18-4-8-20(39-3)9-5-18)23(26(34)36)32-25(35)19-6-10-21(11-7-19)40-28(29,30)31/h4-13,22-23H,14-16H2,1-3H3,(H,32,35)/t22-,23-/m0/s1. The van der Waals surface area contributed by atoms with Crippen molar-refractivity contribution in [1.29, 1.82) is 0 Å². The van der Waals surface area contributed by atoms with Gasteiger partial charge in [-0.25, -0.2) is 0 Å². The number of pyridine rings is 1. The Labute approximate surface area is 228 Å². The molecule has 4 rings (SSSR count). The van der Waals surface area contributed by atoms with Gasteiger partial charge in [0.1, 0.15) is 23.2 Å². The van der Waals surface area contributed by atoms with E-state index in [9.17, 15) is 27.6 Å². The van der Waals surface area contributed by atoms with Crippen LogP contribution in [0, 0.1) is 6.92 Å². The Morgan fingerprint density at radius 2 is 1.65 bits per heavy atom. The molecule has 2 amide bonds. The van der Waals surface area contributed by atoms with Crippen LogP contribution in [0.3, 0.4) is 0 Å². The number of carbonyl (C=O) groups excluding carboxylic acids is 2. The first-order valence-corrected chi connectivity index (χ1v) is 12.3. The molecule has 0 saturated carbocycles. The average molecular weight is 560 g/mol.